The fourth-order valence-electron chi connectivity index (χ4n) is 4.43. The third-order valence-corrected chi connectivity index (χ3v) is 6.18. The van der Waals surface area contributed by atoms with Gasteiger partial charge in [-0.3, -0.25) is 4.99 Å². The van der Waals surface area contributed by atoms with Crippen LogP contribution in [0.25, 0.3) is 0 Å². The Labute approximate surface area is 165 Å². The highest BCUT2D eigenvalue weighted by atomic mass is 19.1. The normalized spacial score (nSPS) is 29.1. The van der Waals surface area contributed by atoms with Crippen molar-refractivity contribution < 1.29 is 13.5 Å². The zero-order valence-electron chi connectivity index (χ0n) is 16.5. The van der Waals surface area contributed by atoms with Crippen LogP contribution in [0.4, 0.5) is 8.78 Å². The molecule has 0 amide bonds. The van der Waals surface area contributed by atoms with E-state index in [1.807, 2.05) is 0 Å². The van der Waals surface area contributed by atoms with E-state index in [0.717, 1.165) is 58.1 Å². The van der Waals surface area contributed by atoms with E-state index in [9.17, 15) is 8.78 Å². The van der Waals surface area contributed by atoms with E-state index in [1.165, 1.54) is 24.6 Å². The van der Waals surface area contributed by atoms with E-state index in [1.54, 1.807) is 7.05 Å². The molecule has 1 aliphatic carbocycles. The third kappa shape index (κ3) is 4.63. The molecule has 7 heteroatoms. The fourth-order valence-corrected chi connectivity index (χ4v) is 4.43. The molecular formula is C21H30F2N4O. The smallest absolute Gasteiger partial charge is 0.191 e. The van der Waals surface area contributed by atoms with Gasteiger partial charge in [-0.05, 0) is 43.7 Å². The molecule has 0 bridgehead atoms. The number of benzene rings is 1. The third-order valence-electron chi connectivity index (χ3n) is 6.18. The summed E-state index contributed by atoms with van der Waals surface area (Å²) in [4.78, 5) is 6.85. The quantitative estimate of drug-likeness (QED) is 0.597. The predicted molar refractivity (Wildman–Crippen MR) is 106 cm³/mol. The van der Waals surface area contributed by atoms with Crippen LogP contribution in [0.5, 0.6) is 0 Å². The molecule has 1 saturated carbocycles. The second kappa shape index (κ2) is 8.74. The Morgan fingerprint density at radius 2 is 1.93 bits per heavy atom. The number of halogens is 2. The van der Waals surface area contributed by atoms with Gasteiger partial charge in [0.05, 0.1) is 6.61 Å². The van der Waals surface area contributed by atoms with E-state index in [4.69, 9.17) is 4.74 Å². The van der Waals surface area contributed by atoms with Gasteiger partial charge in [-0.25, -0.2) is 8.78 Å². The number of rotatable bonds is 5. The molecule has 5 nitrogen and oxygen atoms in total. The van der Waals surface area contributed by atoms with Crippen LogP contribution in [-0.4, -0.2) is 62.8 Å². The highest BCUT2D eigenvalue weighted by Gasteiger charge is 2.42. The van der Waals surface area contributed by atoms with Crippen molar-refractivity contribution >= 4 is 5.96 Å². The maximum absolute atomic E-state index is 14.0. The summed E-state index contributed by atoms with van der Waals surface area (Å²) < 4.78 is 33.4. The van der Waals surface area contributed by atoms with Gasteiger partial charge in [0, 0.05) is 56.9 Å². The minimum atomic E-state index is -0.461. The van der Waals surface area contributed by atoms with Crippen molar-refractivity contribution in [1.82, 2.24) is 15.5 Å². The Kier molecular flexibility index (Phi) is 6.11. The molecule has 154 valence electrons. The van der Waals surface area contributed by atoms with Gasteiger partial charge in [0.1, 0.15) is 11.6 Å². The van der Waals surface area contributed by atoms with Gasteiger partial charge in [-0.15, -0.1) is 0 Å². The van der Waals surface area contributed by atoms with E-state index in [-0.39, 0.29) is 17.5 Å². The van der Waals surface area contributed by atoms with E-state index in [0.29, 0.717) is 12.0 Å². The van der Waals surface area contributed by atoms with E-state index >= 15 is 0 Å². The highest BCUT2D eigenvalue weighted by Crippen LogP contribution is 2.43. The largest absolute Gasteiger partial charge is 0.381 e. The van der Waals surface area contributed by atoms with Crippen LogP contribution in [0.15, 0.2) is 23.2 Å². The van der Waals surface area contributed by atoms with Crippen LogP contribution in [0.1, 0.15) is 37.2 Å². The maximum atomic E-state index is 14.0. The second-order valence-corrected chi connectivity index (χ2v) is 8.25. The summed E-state index contributed by atoms with van der Waals surface area (Å²) in [7, 11) is 1.74. The van der Waals surface area contributed by atoms with Crippen LogP contribution in [-0.2, 0) is 4.74 Å². The van der Waals surface area contributed by atoms with Gasteiger partial charge in [0.15, 0.2) is 5.96 Å². The molecule has 1 aromatic carbocycles. The van der Waals surface area contributed by atoms with Crippen LogP contribution in [0.2, 0.25) is 0 Å². The monoisotopic (exact) mass is 392 g/mol. The molecule has 1 aromatic rings. The average Bonchev–Trinajstić information content (AvgIpc) is 3.22. The summed E-state index contributed by atoms with van der Waals surface area (Å²) in [6.07, 6.45) is 4.05. The molecule has 3 atom stereocenters. The van der Waals surface area contributed by atoms with Gasteiger partial charge in [0.25, 0.3) is 0 Å². The van der Waals surface area contributed by atoms with Crippen molar-refractivity contribution in [2.24, 2.45) is 10.9 Å². The van der Waals surface area contributed by atoms with E-state index < -0.39 is 11.6 Å². The Hall–Kier alpha value is -1.73. The van der Waals surface area contributed by atoms with Gasteiger partial charge < -0.3 is 20.3 Å². The SMILES string of the molecule is CN=C(NC1CCN(CC2CCOC2)CC1)NC1CC1c1c(F)cccc1F. The molecule has 4 rings (SSSR count). The van der Waals surface area contributed by atoms with Crippen molar-refractivity contribution in [3.63, 3.8) is 0 Å². The zero-order chi connectivity index (χ0) is 19.5. The van der Waals surface area contributed by atoms with Gasteiger partial charge in [0.2, 0.25) is 0 Å². The number of likely N-dealkylation sites (tertiary alicyclic amines) is 1. The molecule has 2 N–H and O–H groups in total. The lowest BCUT2D eigenvalue weighted by Gasteiger charge is -2.34. The lowest BCUT2D eigenvalue weighted by atomic mass is 10.0. The fraction of sp³-hybridized carbons (Fsp3) is 0.667. The number of piperidine rings is 1. The zero-order valence-corrected chi connectivity index (χ0v) is 16.5. The predicted octanol–water partition coefficient (Wildman–Crippen LogP) is 2.49. The molecular weight excluding hydrogens is 362 g/mol. The minimum absolute atomic E-state index is 0.0278. The van der Waals surface area contributed by atoms with Gasteiger partial charge in [-0.1, -0.05) is 6.07 Å². The highest BCUT2D eigenvalue weighted by molar-refractivity contribution is 5.80. The molecule has 2 saturated heterocycles. The Morgan fingerprint density at radius 3 is 2.57 bits per heavy atom. The van der Waals surface area contributed by atoms with Crippen LogP contribution in [0.3, 0.4) is 0 Å². The number of aliphatic imine (C=N–C) groups is 1. The van der Waals surface area contributed by atoms with Crippen molar-refractivity contribution in [3.05, 3.63) is 35.4 Å². The summed E-state index contributed by atoms with van der Waals surface area (Å²) in [5, 5.41) is 6.83. The first-order valence-electron chi connectivity index (χ1n) is 10.4. The molecule has 3 fully saturated rings. The van der Waals surface area contributed by atoms with E-state index in [2.05, 4.69) is 20.5 Å². The molecule has 2 heterocycles. The summed E-state index contributed by atoms with van der Waals surface area (Å²) in [5.74, 6) is 0.362. The summed E-state index contributed by atoms with van der Waals surface area (Å²) in [5.41, 5.74) is 0.194. The number of hydrogen-bond donors (Lipinski definition) is 2. The maximum Gasteiger partial charge on any atom is 0.191 e. The molecule has 0 aromatic heterocycles. The van der Waals surface area contributed by atoms with Gasteiger partial charge >= 0.3 is 0 Å². The minimum Gasteiger partial charge on any atom is -0.381 e. The first-order chi connectivity index (χ1) is 13.6. The van der Waals surface area contributed by atoms with Gasteiger partial charge in [-0.2, -0.15) is 0 Å². The molecule has 0 spiro atoms. The number of nitrogens with one attached hydrogen (secondary N) is 2. The van der Waals surface area contributed by atoms with Crippen LogP contribution < -0.4 is 10.6 Å². The lowest BCUT2D eigenvalue weighted by Crippen LogP contribution is -2.49. The first-order valence-corrected chi connectivity index (χ1v) is 10.4. The molecule has 0 radical (unpaired) electrons. The number of nitrogens with zero attached hydrogens (tertiary/aromatic N) is 2. The molecule has 3 aliphatic rings. The first kappa shape index (κ1) is 19.6. The van der Waals surface area contributed by atoms with Crippen molar-refractivity contribution in [2.45, 2.75) is 43.7 Å². The van der Waals surface area contributed by atoms with Crippen molar-refractivity contribution in [3.8, 4) is 0 Å². The average molecular weight is 392 g/mol. The van der Waals surface area contributed by atoms with Crippen molar-refractivity contribution in [2.75, 3.05) is 39.9 Å². The second-order valence-electron chi connectivity index (χ2n) is 8.25. The molecule has 2 aliphatic heterocycles. The number of guanidine groups is 1. The lowest BCUT2D eigenvalue weighted by molar-refractivity contribution is 0.150. The van der Waals surface area contributed by atoms with Crippen LogP contribution >= 0.6 is 0 Å². The Balaban J connectivity index is 1.23. The summed E-state index contributed by atoms with van der Waals surface area (Å²) >= 11 is 0. The number of ether oxygens (including phenoxy) is 1. The van der Waals surface area contributed by atoms with Crippen molar-refractivity contribution in [1.29, 1.82) is 0 Å². The molecule has 28 heavy (non-hydrogen) atoms. The number of hydrogen-bond acceptors (Lipinski definition) is 3. The molecule has 3 unspecified atom stereocenters. The standard InChI is InChI=1S/C21H30F2N4O/c1-24-21(26-19-11-16(19)20-17(22)3-2-4-18(20)23)25-15-5-8-27(9-6-15)12-14-7-10-28-13-14/h2-4,14-16,19H,5-13H2,1H3,(H2,24,25,26). The summed E-state index contributed by atoms with van der Waals surface area (Å²) in [6.45, 7) is 5.11. The Bertz CT molecular complexity index is 679. The topological polar surface area (TPSA) is 48.9 Å². The summed E-state index contributed by atoms with van der Waals surface area (Å²) in [6, 6.07) is 4.47. The Morgan fingerprint density at radius 1 is 1.18 bits per heavy atom. The van der Waals surface area contributed by atoms with Crippen LogP contribution in [0, 0.1) is 17.6 Å².